The first kappa shape index (κ1) is 16.5. The summed E-state index contributed by atoms with van der Waals surface area (Å²) in [5, 5.41) is 21.1. The van der Waals surface area contributed by atoms with Gasteiger partial charge in [-0.15, -0.1) is 0 Å². The van der Waals surface area contributed by atoms with Crippen molar-refractivity contribution in [2.45, 2.75) is 18.9 Å². The fourth-order valence-corrected chi connectivity index (χ4v) is 2.37. The number of amides is 2. The summed E-state index contributed by atoms with van der Waals surface area (Å²) in [7, 11) is 0. The number of aliphatic hydroxyl groups is 1. The van der Waals surface area contributed by atoms with E-state index in [1.54, 1.807) is 0 Å². The summed E-state index contributed by atoms with van der Waals surface area (Å²) in [5.74, 6) is -2.22. The van der Waals surface area contributed by atoms with Gasteiger partial charge in [-0.3, -0.25) is 14.4 Å². The predicted molar refractivity (Wildman–Crippen MR) is 81.6 cm³/mol. The number of hydrogen-bond donors (Lipinski definition) is 3. The van der Waals surface area contributed by atoms with Crippen molar-refractivity contribution < 1.29 is 24.6 Å². The second kappa shape index (κ2) is 7.44. The van der Waals surface area contributed by atoms with Crippen LogP contribution < -0.4 is 5.32 Å². The van der Waals surface area contributed by atoms with E-state index >= 15 is 0 Å². The van der Waals surface area contributed by atoms with Crippen molar-refractivity contribution in [1.29, 1.82) is 0 Å². The highest BCUT2D eigenvalue weighted by Gasteiger charge is 2.34. The molecule has 0 fully saturated rings. The molecule has 1 aliphatic rings. The van der Waals surface area contributed by atoms with Crippen LogP contribution in [0.4, 0.5) is 0 Å². The zero-order chi connectivity index (χ0) is 16.8. The number of carboxylic acids is 1. The molecule has 0 radical (unpaired) electrons. The molecule has 23 heavy (non-hydrogen) atoms. The van der Waals surface area contributed by atoms with Gasteiger partial charge in [0.1, 0.15) is 18.3 Å². The number of aryl methyl sites for hydroxylation is 1. The summed E-state index contributed by atoms with van der Waals surface area (Å²) >= 11 is 0. The highest BCUT2D eigenvalue weighted by Crippen LogP contribution is 2.16. The first-order valence-corrected chi connectivity index (χ1v) is 7.21. The second-order valence-corrected chi connectivity index (χ2v) is 5.23. The third kappa shape index (κ3) is 4.57. The minimum atomic E-state index is -1.18. The Kier molecular flexibility index (Phi) is 5.35. The van der Waals surface area contributed by atoms with Crippen LogP contribution in [-0.2, 0) is 20.8 Å². The van der Waals surface area contributed by atoms with E-state index in [1.165, 1.54) is 0 Å². The Morgan fingerprint density at radius 3 is 2.57 bits per heavy atom. The molecule has 7 heteroatoms. The zero-order valence-electron chi connectivity index (χ0n) is 12.4. The summed E-state index contributed by atoms with van der Waals surface area (Å²) < 4.78 is 0. The van der Waals surface area contributed by atoms with Crippen LogP contribution >= 0.6 is 0 Å². The van der Waals surface area contributed by atoms with E-state index in [9.17, 15) is 19.5 Å². The van der Waals surface area contributed by atoms with Gasteiger partial charge < -0.3 is 20.4 Å². The van der Waals surface area contributed by atoms with Crippen molar-refractivity contribution in [2.75, 3.05) is 13.1 Å². The summed E-state index contributed by atoms with van der Waals surface area (Å²) in [6.45, 7) is -0.543. The van der Waals surface area contributed by atoms with E-state index in [2.05, 4.69) is 5.32 Å². The molecule has 0 spiro atoms. The minimum absolute atomic E-state index is 0.0189. The predicted octanol–water partition coefficient (Wildman–Crippen LogP) is 0.473. The first-order chi connectivity index (χ1) is 11.0. The van der Waals surface area contributed by atoms with Crippen molar-refractivity contribution in [2.24, 2.45) is 0 Å². The van der Waals surface area contributed by atoms with E-state index in [4.69, 9.17) is 5.11 Å². The van der Waals surface area contributed by atoms with E-state index < -0.39 is 24.5 Å². The lowest BCUT2D eigenvalue weighted by atomic mass is 10.1. The molecule has 2 amide bonds. The van der Waals surface area contributed by atoms with Gasteiger partial charge >= 0.3 is 5.97 Å². The number of rotatable bonds is 7. The van der Waals surface area contributed by atoms with E-state index in [0.717, 1.165) is 16.5 Å². The van der Waals surface area contributed by atoms with Crippen LogP contribution in [0.1, 0.15) is 12.0 Å². The molecule has 0 saturated heterocycles. The van der Waals surface area contributed by atoms with Crippen LogP contribution in [0.15, 0.2) is 42.2 Å². The number of carbonyl (C=O) groups is 3. The van der Waals surface area contributed by atoms with Gasteiger partial charge in [0.05, 0.1) is 0 Å². The molecule has 1 aromatic carbocycles. The molecule has 0 aromatic heterocycles. The van der Waals surface area contributed by atoms with Crippen molar-refractivity contribution >= 4 is 17.8 Å². The normalized spacial score (nSPS) is 17.0. The summed E-state index contributed by atoms with van der Waals surface area (Å²) in [4.78, 5) is 35.2. The summed E-state index contributed by atoms with van der Waals surface area (Å²) in [6.07, 6.45) is 1.83. The lowest BCUT2D eigenvalue weighted by molar-refractivity contribution is -0.143. The molecular formula is C16H18N2O5. The largest absolute Gasteiger partial charge is 0.510 e. The number of aliphatic carboxylic acids is 1. The molecule has 0 bridgehead atoms. The van der Waals surface area contributed by atoms with Gasteiger partial charge in [0, 0.05) is 19.0 Å². The van der Waals surface area contributed by atoms with E-state index in [-0.39, 0.29) is 24.6 Å². The summed E-state index contributed by atoms with van der Waals surface area (Å²) in [6, 6.07) is 8.69. The third-order valence-corrected chi connectivity index (χ3v) is 3.55. The van der Waals surface area contributed by atoms with Crippen molar-refractivity contribution in [1.82, 2.24) is 10.2 Å². The fraction of sp³-hybridized carbons (Fsp3) is 0.312. The first-order valence-electron chi connectivity index (χ1n) is 7.21. The van der Waals surface area contributed by atoms with Crippen molar-refractivity contribution in [3.8, 4) is 0 Å². The molecule has 7 nitrogen and oxygen atoms in total. The quantitative estimate of drug-likeness (QED) is 0.677. The number of benzene rings is 1. The van der Waals surface area contributed by atoms with Gasteiger partial charge in [0.15, 0.2) is 0 Å². The maximum absolute atomic E-state index is 11.9. The lowest BCUT2D eigenvalue weighted by Crippen LogP contribution is -2.45. The SMILES string of the molecule is O=C(O)CN1C(=O)C=C(O)C1CNC(=O)CCc1ccccc1. The number of aliphatic hydroxyl groups excluding tert-OH is 1. The minimum Gasteiger partial charge on any atom is -0.510 e. The van der Waals surface area contributed by atoms with Crippen LogP contribution in [0, 0.1) is 0 Å². The number of carboxylic acid groups (broad SMARTS) is 1. The average Bonchev–Trinajstić information content (AvgIpc) is 2.77. The highest BCUT2D eigenvalue weighted by atomic mass is 16.4. The Morgan fingerprint density at radius 2 is 1.91 bits per heavy atom. The monoisotopic (exact) mass is 318 g/mol. The Balaban J connectivity index is 1.83. The highest BCUT2D eigenvalue weighted by molar-refractivity contribution is 5.93. The zero-order valence-corrected chi connectivity index (χ0v) is 12.4. The molecule has 1 aromatic rings. The van der Waals surface area contributed by atoms with Gasteiger partial charge in [-0.1, -0.05) is 30.3 Å². The fourth-order valence-electron chi connectivity index (χ4n) is 2.37. The Bertz CT molecular complexity index is 627. The summed E-state index contributed by atoms with van der Waals surface area (Å²) in [5.41, 5.74) is 1.04. The van der Waals surface area contributed by atoms with Gasteiger partial charge in [0.2, 0.25) is 5.91 Å². The van der Waals surface area contributed by atoms with Gasteiger partial charge in [-0.2, -0.15) is 0 Å². The van der Waals surface area contributed by atoms with Gasteiger partial charge in [-0.05, 0) is 12.0 Å². The van der Waals surface area contributed by atoms with Crippen LogP contribution in [0.3, 0.4) is 0 Å². The lowest BCUT2D eigenvalue weighted by Gasteiger charge is -2.23. The topological polar surface area (TPSA) is 107 Å². The Labute approximate surface area is 133 Å². The standard InChI is InChI=1S/C16H18N2O5/c19-13-8-15(21)18(10-16(22)23)12(13)9-17-14(20)7-6-11-4-2-1-3-5-11/h1-5,8,12,19H,6-7,9-10H2,(H,17,20)(H,22,23). The molecule has 1 unspecified atom stereocenters. The van der Waals surface area contributed by atoms with E-state index in [0.29, 0.717) is 6.42 Å². The molecule has 1 heterocycles. The Hall–Kier alpha value is -2.83. The van der Waals surface area contributed by atoms with Gasteiger partial charge in [0.25, 0.3) is 5.91 Å². The third-order valence-electron chi connectivity index (χ3n) is 3.55. The molecule has 0 saturated carbocycles. The number of hydrogen-bond acceptors (Lipinski definition) is 4. The molecule has 122 valence electrons. The molecule has 2 rings (SSSR count). The number of nitrogens with one attached hydrogen (secondary N) is 1. The molecule has 0 aliphatic carbocycles. The maximum Gasteiger partial charge on any atom is 0.323 e. The Morgan fingerprint density at radius 1 is 1.22 bits per heavy atom. The number of carbonyl (C=O) groups excluding carboxylic acids is 2. The number of nitrogens with zero attached hydrogens (tertiary/aromatic N) is 1. The van der Waals surface area contributed by atoms with E-state index in [1.807, 2.05) is 30.3 Å². The molecule has 1 aliphatic heterocycles. The average molecular weight is 318 g/mol. The van der Waals surface area contributed by atoms with Gasteiger partial charge in [-0.25, -0.2) is 0 Å². The van der Waals surface area contributed by atoms with Crippen LogP contribution in [0.25, 0.3) is 0 Å². The smallest absolute Gasteiger partial charge is 0.323 e. The molecule has 3 N–H and O–H groups in total. The maximum atomic E-state index is 11.9. The van der Waals surface area contributed by atoms with Crippen LogP contribution in [-0.4, -0.2) is 52.0 Å². The van der Waals surface area contributed by atoms with Crippen LogP contribution in [0.2, 0.25) is 0 Å². The van der Waals surface area contributed by atoms with Crippen LogP contribution in [0.5, 0.6) is 0 Å². The van der Waals surface area contributed by atoms with Crippen molar-refractivity contribution in [3.05, 3.63) is 47.7 Å². The molecular weight excluding hydrogens is 300 g/mol. The van der Waals surface area contributed by atoms with Crippen molar-refractivity contribution in [3.63, 3.8) is 0 Å². The second-order valence-electron chi connectivity index (χ2n) is 5.23. The molecule has 1 atom stereocenters.